The molecule has 0 amide bonds. The first-order chi connectivity index (χ1) is 8.37. The van der Waals surface area contributed by atoms with Crippen LogP contribution in [0.3, 0.4) is 0 Å². The molecule has 18 heavy (non-hydrogen) atoms. The number of hydrogen-bond acceptors (Lipinski definition) is 2. The third kappa shape index (κ3) is 10.1. The summed E-state index contributed by atoms with van der Waals surface area (Å²) in [5.41, 5.74) is 2.42. The molecule has 0 heterocycles. The quantitative estimate of drug-likeness (QED) is 0.512. The summed E-state index contributed by atoms with van der Waals surface area (Å²) < 4.78 is 23.2. The van der Waals surface area contributed by atoms with Crippen molar-refractivity contribution in [2.75, 3.05) is 5.75 Å². The Bertz CT molecular complexity index is 445. The molecule has 0 atom stereocenters. The first-order valence-corrected chi connectivity index (χ1v) is 7.90. The standard InChI is InChI=1S/C15H24O2S/c1-5-6-7-12-18(16,17)13-11-15(4)10-8-9-14(2)3/h5-7,9,11-12H,8,10,13H2,1-4H3. The molecule has 102 valence electrons. The highest BCUT2D eigenvalue weighted by atomic mass is 32.2. The predicted octanol–water partition coefficient (Wildman–Crippen LogP) is 4.18. The summed E-state index contributed by atoms with van der Waals surface area (Å²) in [5.74, 6) is 0.0850. The molecule has 0 rings (SSSR count). The Balaban J connectivity index is 4.32. The molecule has 0 aromatic heterocycles. The van der Waals surface area contributed by atoms with Gasteiger partial charge in [0.1, 0.15) is 0 Å². The van der Waals surface area contributed by atoms with E-state index in [1.54, 1.807) is 24.3 Å². The lowest BCUT2D eigenvalue weighted by atomic mass is 10.1. The van der Waals surface area contributed by atoms with Crippen LogP contribution in [0.1, 0.15) is 40.5 Å². The van der Waals surface area contributed by atoms with Gasteiger partial charge in [-0.15, -0.1) is 0 Å². The Hall–Kier alpha value is -1.09. The minimum absolute atomic E-state index is 0.0850. The summed E-state index contributed by atoms with van der Waals surface area (Å²) in [5, 5.41) is 1.26. The zero-order chi connectivity index (χ0) is 14.0. The lowest BCUT2D eigenvalue weighted by Gasteiger charge is -1.99. The van der Waals surface area contributed by atoms with Crippen LogP contribution in [0.2, 0.25) is 0 Å². The Labute approximate surface area is 112 Å². The number of sulfone groups is 1. The molecule has 0 radical (unpaired) electrons. The smallest absolute Gasteiger partial charge is 0.175 e. The first-order valence-electron chi connectivity index (χ1n) is 6.18. The maximum absolute atomic E-state index is 11.6. The second-order valence-electron chi connectivity index (χ2n) is 4.55. The molecule has 0 saturated carbocycles. The van der Waals surface area contributed by atoms with Gasteiger partial charge in [-0.1, -0.05) is 41.5 Å². The third-order valence-corrected chi connectivity index (χ3v) is 3.55. The van der Waals surface area contributed by atoms with E-state index >= 15 is 0 Å². The monoisotopic (exact) mass is 268 g/mol. The van der Waals surface area contributed by atoms with Crippen molar-refractivity contribution < 1.29 is 8.42 Å². The van der Waals surface area contributed by atoms with E-state index in [-0.39, 0.29) is 5.75 Å². The Morgan fingerprint density at radius 2 is 1.72 bits per heavy atom. The fourth-order valence-electron chi connectivity index (χ4n) is 1.28. The lowest BCUT2D eigenvalue weighted by Crippen LogP contribution is -1.99. The molecule has 0 aliphatic carbocycles. The molecule has 0 fully saturated rings. The summed E-state index contributed by atoms with van der Waals surface area (Å²) >= 11 is 0. The van der Waals surface area contributed by atoms with Gasteiger partial charge in [-0.2, -0.15) is 0 Å². The van der Waals surface area contributed by atoms with Crippen molar-refractivity contribution in [3.05, 3.63) is 46.9 Å². The average molecular weight is 268 g/mol. The van der Waals surface area contributed by atoms with E-state index in [2.05, 4.69) is 19.9 Å². The predicted molar refractivity (Wildman–Crippen MR) is 80.2 cm³/mol. The van der Waals surface area contributed by atoms with Crippen LogP contribution >= 0.6 is 0 Å². The number of allylic oxidation sites excluding steroid dienone is 6. The van der Waals surface area contributed by atoms with Crippen molar-refractivity contribution in [2.45, 2.75) is 40.5 Å². The van der Waals surface area contributed by atoms with Gasteiger partial charge in [0, 0.05) is 5.41 Å². The van der Waals surface area contributed by atoms with Crippen LogP contribution in [0.15, 0.2) is 46.9 Å². The molecule has 0 aromatic carbocycles. The molecule has 0 saturated heterocycles. The van der Waals surface area contributed by atoms with Gasteiger partial charge in [0.25, 0.3) is 0 Å². The van der Waals surface area contributed by atoms with Crippen molar-refractivity contribution >= 4 is 9.84 Å². The third-order valence-electron chi connectivity index (χ3n) is 2.34. The summed E-state index contributed by atoms with van der Waals surface area (Å²) in [6.45, 7) is 7.96. The Morgan fingerprint density at radius 1 is 1.06 bits per heavy atom. The van der Waals surface area contributed by atoms with Crippen molar-refractivity contribution in [3.8, 4) is 0 Å². The van der Waals surface area contributed by atoms with Crippen LogP contribution in [-0.4, -0.2) is 14.2 Å². The van der Waals surface area contributed by atoms with Crippen molar-refractivity contribution in [1.82, 2.24) is 0 Å². The molecule has 0 aliphatic heterocycles. The molecule has 0 aromatic rings. The Kier molecular flexibility index (Phi) is 8.38. The zero-order valence-electron chi connectivity index (χ0n) is 11.8. The van der Waals surface area contributed by atoms with Gasteiger partial charge >= 0.3 is 0 Å². The summed E-state index contributed by atoms with van der Waals surface area (Å²) in [7, 11) is -3.11. The van der Waals surface area contributed by atoms with Crippen LogP contribution in [0.4, 0.5) is 0 Å². The molecular weight excluding hydrogens is 244 g/mol. The number of hydrogen-bond donors (Lipinski definition) is 0. The van der Waals surface area contributed by atoms with Crippen LogP contribution in [0, 0.1) is 0 Å². The molecular formula is C15H24O2S. The average Bonchev–Trinajstić information content (AvgIpc) is 2.26. The highest BCUT2D eigenvalue weighted by molar-refractivity contribution is 7.94. The van der Waals surface area contributed by atoms with Crippen LogP contribution < -0.4 is 0 Å². The van der Waals surface area contributed by atoms with Crippen molar-refractivity contribution in [2.24, 2.45) is 0 Å². The molecule has 0 bridgehead atoms. The lowest BCUT2D eigenvalue weighted by molar-refractivity contribution is 0.607. The van der Waals surface area contributed by atoms with E-state index in [1.165, 1.54) is 11.0 Å². The molecule has 3 heteroatoms. The van der Waals surface area contributed by atoms with E-state index in [0.29, 0.717) is 0 Å². The van der Waals surface area contributed by atoms with Crippen LogP contribution in [-0.2, 0) is 9.84 Å². The maximum Gasteiger partial charge on any atom is 0.175 e. The van der Waals surface area contributed by atoms with Gasteiger partial charge < -0.3 is 0 Å². The minimum atomic E-state index is -3.11. The molecule has 0 aliphatic rings. The van der Waals surface area contributed by atoms with E-state index in [4.69, 9.17) is 0 Å². The largest absolute Gasteiger partial charge is 0.224 e. The van der Waals surface area contributed by atoms with E-state index < -0.39 is 9.84 Å². The van der Waals surface area contributed by atoms with Gasteiger partial charge in [-0.3, -0.25) is 0 Å². The van der Waals surface area contributed by atoms with Crippen molar-refractivity contribution in [1.29, 1.82) is 0 Å². The van der Waals surface area contributed by atoms with Gasteiger partial charge in [0.2, 0.25) is 0 Å². The normalized spacial score (nSPS) is 13.4. The van der Waals surface area contributed by atoms with Crippen molar-refractivity contribution in [3.63, 3.8) is 0 Å². The van der Waals surface area contributed by atoms with Gasteiger partial charge in [-0.25, -0.2) is 8.42 Å². The Morgan fingerprint density at radius 3 is 2.28 bits per heavy atom. The van der Waals surface area contributed by atoms with E-state index in [0.717, 1.165) is 18.4 Å². The highest BCUT2D eigenvalue weighted by Gasteiger charge is 2.02. The summed E-state index contributed by atoms with van der Waals surface area (Å²) in [4.78, 5) is 0. The minimum Gasteiger partial charge on any atom is -0.224 e. The van der Waals surface area contributed by atoms with E-state index in [1.807, 2.05) is 13.8 Å². The summed E-state index contributed by atoms with van der Waals surface area (Å²) in [6.07, 6.45) is 10.9. The fraction of sp³-hybridized carbons (Fsp3) is 0.467. The molecule has 0 N–H and O–H groups in total. The molecule has 2 nitrogen and oxygen atoms in total. The number of rotatable bonds is 7. The zero-order valence-corrected chi connectivity index (χ0v) is 12.6. The molecule has 0 spiro atoms. The van der Waals surface area contributed by atoms with Gasteiger partial charge in [0.15, 0.2) is 9.84 Å². The second kappa shape index (κ2) is 8.92. The van der Waals surface area contributed by atoms with E-state index in [9.17, 15) is 8.42 Å². The van der Waals surface area contributed by atoms with Gasteiger partial charge in [-0.05, 0) is 40.5 Å². The fourth-order valence-corrected chi connectivity index (χ4v) is 2.24. The topological polar surface area (TPSA) is 34.1 Å². The SMILES string of the molecule is CC=CC=CS(=O)(=O)CC=C(C)CCC=C(C)C. The maximum atomic E-state index is 11.6. The first kappa shape index (κ1) is 16.9. The highest BCUT2D eigenvalue weighted by Crippen LogP contribution is 2.07. The summed E-state index contributed by atoms with van der Waals surface area (Å²) in [6, 6.07) is 0. The van der Waals surface area contributed by atoms with Crippen LogP contribution in [0.25, 0.3) is 0 Å². The second-order valence-corrected chi connectivity index (χ2v) is 6.49. The van der Waals surface area contributed by atoms with Crippen LogP contribution in [0.5, 0.6) is 0 Å². The molecule has 0 unspecified atom stereocenters. The van der Waals surface area contributed by atoms with Gasteiger partial charge in [0.05, 0.1) is 5.75 Å².